The number of rotatable bonds is 2. The first-order valence-corrected chi connectivity index (χ1v) is 8.36. The second-order valence-electron chi connectivity index (χ2n) is 4.13. The van der Waals surface area contributed by atoms with Crippen molar-refractivity contribution < 1.29 is 85.1 Å². The zero-order valence-electron chi connectivity index (χ0n) is 11.8. The van der Waals surface area contributed by atoms with Crippen LogP contribution >= 0.6 is 0 Å². The molecule has 2 aliphatic heterocycles. The second kappa shape index (κ2) is 10.5. The Morgan fingerprint density at radius 1 is 0.600 bits per heavy atom. The van der Waals surface area contributed by atoms with E-state index in [0.29, 0.717) is 26.2 Å². The maximum absolute atomic E-state index is 10.2. The molecule has 2 heterocycles. The van der Waals surface area contributed by atoms with E-state index in [4.69, 9.17) is 0 Å². The van der Waals surface area contributed by atoms with Crippen molar-refractivity contribution in [3.63, 3.8) is 0 Å². The summed E-state index contributed by atoms with van der Waals surface area (Å²) in [5.74, 6) is 0. The molecule has 2 rings (SSSR count). The molecule has 0 N–H and O–H groups in total. The van der Waals surface area contributed by atoms with Crippen LogP contribution in [0.3, 0.4) is 0 Å². The van der Waals surface area contributed by atoms with Gasteiger partial charge in [-0.3, -0.25) is 0 Å². The first kappa shape index (κ1) is 24.0. The fourth-order valence-electron chi connectivity index (χ4n) is 1.82. The topological polar surface area (TPSA) is 121 Å². The average molecular weight is 346 g/mol. The second-order valence-corrected chi connectivity index (χ2v) is 6.87. The summed E-state index contributed by atoms with van der Waals surface area (Å²) >= 11 is 0. The fraction of sp³-hybridized carbons (Fsp3) is 1.00. The summed E-state index contributed by atoms with van der Waals surface area (Å²) in [5.41, 5.74) is 0. The summed E-state index contributed by atoms with van der Waals surface area (Å²) < 4.78 is 63.2. The van der Waals surface area contributed by atoms with Crippen molar-refractivity contribution in [3.05, 3.63) is 0 Å². The first-order chi connectivity index (χ1) is 8.21. The molecular weight excluding hydrogens is 330 g/mol. The van der Waals surface area contributed by atoms with Gasteiger partial charge in [0.25, 0.3) is 0 Å². The summed E-state index contributed by atoms with van der Waals surface area (Å²) in [5, 5.41) is 0. The zero-order chi connectivity index (χ0) is 13.8. The van der Waals surface area contributed by atoms with Crippen molar-refractivity contribution in [2.75, 3.05) is 26.2 Å². The Morgan fingerprint density at radius 2 is 0.800 bits per heavy atom. The molecule has 0 aromatic carbocycles. The Labute approximate surface area is 164 Å². The van der Waals surface area contributed by atoms with E-state index in [1.54, 1.807) is 0 Å². The van der Waals surface area contributed by atoms with Crippen LogP contribution in [0.2, 0.25) is 0 Å². The van der Waals surface area contributed by atoms with Crippen LogP contribution in [0.5, 0.6) is 0 Å². The molecule has 0 bridgehead atoms. The zero-order valence-corrected chi connectivity index (χ0v) is 17.5. The molecule has 2 aliphatic rings. The molecular formula is C8H16N2Na2O6S2. The van der Waals surface area contributed by atoms with E-state index in [0.717, 1.165) is 34.3 Å². The molecule has 0 spiro atoms. The molecule has 0 unspecified atom stereocenters. The molecule has 20 heavy (non-hydrogen) atoms. The van der Waals surface area contributed by atoms with Gasteiger partial charge in [-0.1, -0.05) is 0 Å². The monoisotopic (exact) mass is 346 g/mol. The van der Waals surface area contributed by atoms with Crippen LogP contribution in [0, 0.1) is 0 Å². The molecule has 0 amide bonds. The van der Waals surface area contributed by atoms with E-state index in [9.17, 15) is 25.9 Å². The Morgan fingerprint density at radius 3 is 0.900 bits per heavy atom. The van der Waals surface area contributed by atoms with Gasteiger partial charge in [-0.25, -0.2) is 25.4 Å². The van der Waals surface area contributed by atoms with Crippen LogP contribution in [0.1, 0.15) is 25.7 Å². The Kier molecular flexibility index (Phi) is 12.6. The first-order valence-electron chi connectivity index (χ1n) is 5.63. The molecule has 108 valence electrons. The molecule has 0 aliphatic carbocycles. The number of hydrogen-bond donors (Lipinski definition) is 0. The molecule has 2 fully saturated rings. The SMILES string of the molecule is O=S(=O)([O-])N1CCCC1.O=S(=O)([O-])N1CCCC1.[Na+].[Na+]. The van der Waals surface area contributed by atoms with E-state index in [2.05, 4.69) is 0 Å². The summed E-state index contributed by atoms with van der Waals surface area (Å²) in [6.45, 7) is 1.63. The number of hydrogen-bond acceptors (Lipinski definition) is 6. The largest absolute Gasteiger partial charge is 1.00 e. The van der Waals surface area contributed by atoms with Crippen molar-refractivity contribution in [1.29, 1.82) is 0 Å². The van der Waals surface area contributed by atoms with Gasteiger partial charge in [-0.2, -0.15) is 0 Å². The summed E-state index contributed by atoms with van der Waals surface area (Å²) in [7, 11) is -8.24. The van der Waals surface area contributed by atoms with Crippen LogP contribution in [0.4, 0.5) is 0 Å². The maximum Gasteiger partial charge on any atom is 1.00 e. The Bertz CT molecular complexity index is 413. The number of nitrogens with zero attached hydrogens (tertiary/aromatic N) is 2. The fourth-order valence-corrected chi connectivity index (χ4v) is 3.23. The van der Waals surface area contributed by atoms with E-state index < -0.39 is 20.6 Å². The van der Waals surface area contributed by atoms with Crippen molar-refractivity contribution in [1.82, 2.24) is 8.61 Å². The van der Waals surface area contributed by atoms with Gasteiger partial charge in [0.1, 0.15) is 0 Å². The Hall–Kier alpha value is 1.74. The maximum atomic E-state index is 10.2. The molecule has 0 saturated carbocycles. The molecule has 8 nitrogen and oxygen atoms in total. The van der Waals surface area contributed by atoms with Crippen molar-refractivity contribution in [3.8, 4) is 0 Å². The van der Waals surface area contributed by atoms with E-state index in [1.807, 2.05) is 0 Å². The minimum absolute atomic E-state index is 0. The molecule has 0 aromatic heterocycles. The van der Waals surface area contributed by atoms with Gasteiger partial charge in [0.2, 0.25) is 0 Å². The van der Waals surface area contributed by atoms with E-state index in [-0.39, 0.29) is 59.1 Å². The van der Waals surface area contributed by atoms with Crippen LogP contribution in [0.25, 0.3) is 0 Å². The van der Waals surface area contributed by atoms with Crippen molar-refractivity contribution in [2.45, 2.75) is 25.7 Å². The molecule has 0 radical (unpaired) electrons. The van der Waals surface area contributed by atoms with Gasteiger partial charge in [-0.05, 0) is 25.7 Å². The Balaban J connectivity index is 0. The minimum Gasteiger partial charge on any atom is -0.735 e. The molecule has 12 heteroatoms. The van der Waals surface area contributed by atoms with Gasteiger partial charge >= 0.3 is 59.1 Å². The van der Waals surface area contributed by atoms with Crippen molar-refractivity contribution >= 4 is 20.6 Å². The summed E-state index contributed by atoms with van der Waals surface area (Å²) in [6, 6.07) is 0. The van der Waals surface area contributed by atoms with E-state index >= 15 is 0 Å². The molecule has 0 aromatic rings. The van der Waals surface area contributed by atoms with Gasteiger partial charge in [-0.15, -0.1) is 0 Å². The van der Waals surface area contributed by atoms with Gasteiger partial charge in [0.05, 0.1) is 0 Å². The standard InChI is InChI=1S/2C4H9NO3S.2Na/c2*6-9(7,8)5-3-1-2-4-5;;/h2*1-4H2,(H,6,7,8);;/q;;2*+1/p-2. The quantitative estimate of drug-likeness (QED) is 0.362. The predicted molar refractivity (Wildman–Crippen MR) is 61.0 cm³/mol. The van der Waals surface area contributed by atoms with E-state index in [1.165, 1.54) is 0 Å². The van der Waals surface area contributed by atoms with Gasteiger partial charge in [0, 0.05) is 26.2 Å². The molecule has 0 atom stereocenters. The van der Waals surface area contributed by atoms with Gasteiger partial charge in [0.15, 0.2) is 20.6 Å². The van der Waals surface area contributed by atoms with Gasteiger partial charge < -0.3 is 9.11 Å². The van der Waals surface area contributed by atoms with Crippen molar-refractivity contribution in [2.24, 2.45) is 0 Å². The smallest absolute Gasteiger partial charge is 0.735 e. The average Bonchev–Trinajstić information content (AvgIpc) is 2.91. The predicted octanol–water partition coefficient (Wildman–Crippen LogP) is -6.91. The minimum atomic E-state index is -4.12. The normalized spacial score (nSPS) is 20.5. The molecule has 2 saturated heterocycles. The summed E-state index contributed by atoms with van der Waals surface area (Å²) in [4.78, 5) is 0. The van der Waals surface area contributed by atoms with Crippen LogP contribution in [-0.2, 0) is 20.6 Å². The summed E-state index contributed by atoms with van der Waals surface area (Å²) in [6.07, 6.45) is 3.28. The third kappa shape index (κ3) is 9.01. The van der Waals surface area contributed by atoms with Crippen LogP contribution < -0.4 is 59.1 Å². The van der Waals surface area contributed by atoms with Crippen LogP contribution in [-0.4, -0.2) is 60.7 Å². The third-order valence-corrected chi connectivity index (χ3v) is 4.76. The third-order valence-electron chi connectivity index (χ3n) is 2.76. The van der Waals surface area contributed by atoms with Crippen LogP contribution in [0.15, 0.2) is 0 Å².